The van der Waals surface area contributed by atoms with Gasteiger partial charge in [0.05, 0.1) is 6.42 Å². The summed E-state index contributed by atoms with van der Waals surface area (Å²) in [5.41, 5.74) is 3.13. The average Bonchev–Trinajstić information content (AvgIpc) is 2.26. The SMILES string of the molecule is CCn1c(C)cc(CC(=O)O)c1C. The first-order chi connectivity index (χ1) is 6.06. The highest BCUT2D eigenvalue weighted by Gasteiger charge is 2.09. The van der Waals surface area contributed by atoms with Gasteiger partial charge in [-0.15, -0.1) is 0 Å². The van der Waals surface area contributed by atoms with E-state index in [0.717, 1.165) is 23.5 Å². The predicted molar refractivity (Wildman–Crippen MR) is 50.9 cm³/mol. The third-order valence-corrected chi connectivity index (χ3v) is 2.34. The first-order valence-electron chi connectivity index (χ1n) is 4.43. The first kappa shape index (κ1) is 9.84. The van der Waals surface area contributed by atoms with Crippen LogP contribution in [0.3, 0.4) is 0 Å². The van der Waals surface area contributed by atoms with Gasteiger partial charge < -0.3 is 9.67 Å². The van der Waals surface area contributed by atoms with Crippen LogP contribution in [0.5, 0.6) is 0 Å². The van der Waals surface area contributed by atoms with Gasteiger partial charge in [-0.1, -0.05) is 0 Å². The summed E-state index contributed by atoms with van der Waals surface area (Å²) in [5, 5.41) is 8.65. The van der Waals surface area contributed by atoms with E-state index in [9.17, 15) is 4.79 Å². The number of aliphatic carboxylic acids is 1. The van der Waals surface area contributed by atoms with E-state index in [1.165, 1.54) is 0 Å². The van der Waals surface area contributed by atoms with Crippen molar-refractivity contribution in [1.29, 1.82) is 0 Å². The lowest BCUT2D eigenvalue weighted by Crippen LogP contribution is -2.03. The fourth-order valence-corrected chi connectivity index (χ4v) is 1.70. The van der Waals surface area contributed by atoms with Crippen LogP contribution in [0.4, 0.5) is 0 Å². The van der Waals surface area contributed by atoms with Gasteiger partial charge in [0.1, 0.15) is 0 Å². The highest BCUT2D eigenvalue weighted by Crippen LogP contribution is 2.15. The van der Waals surface area contributed by atoms with Crippen molar-refractivity contribution in [3.8, 4) is 0 Å². The average molecular weight is 181 g/mol. The smallest absolute Gasteiger partial charge is 0.307 e. The summed E-state index contributed by atoms with van der Waals surface area (Å²) in [7, 11) is 0. The summed E-state index contributed by atoms with van der Waals surface area (Å²) in [6.07, 6.45) is 0.125. The number of hydrogen-bond donors (Lipinski definition) is 1. The molecule has 1 aromatic heterocycles. The van der Waals surface area contributed by atoms with E-state index in [0.29, 0.717) is 0 Å². The van der Waals surface area contributed by atoms with Crippen molar-refractivity contribution < 1.29 is 9.90 Å². The molecule has 0 radical (unpaired) electrons. The zero-order valence-corrected chi connectivity index (χ0v) is 8.29. The summed E-state index contributed by atoms with van der Waals surface area (Å²) in [4.78, 5) is 10.5. The van der Waals surface area contributed by atoms with E-state index in [4.69, 9.17) is 5.11 Å². The third kappa shape index (κ3) is 1.91. The maximum absolute atomic E-state index is 10.5. The molecule has 0 atom stereocenters. The molecule has 1 aromatic rings. The molecular formula is C10H15NO2. The largest absolute Gasteiger partial charge is 0.481 e. The van der Waals surface area contributed by atoms with Crippen molar-refractivity contribution in [1.82, 2.24) is 4.57 Å². The Morgan fingerprint density at radius 2 is 2.15 bits per heavy atom. The molecule has 0 aliphatic heterocycles. The molecule has 0 fully saturated rings. The van der Waals surface area contributed by atoms with Crippen LogP contribution in [-0.4, -0.2) is 15.6 Å². The third-order valence-electron chi connectivity index (χ3n) is 2.34. The molecule has 13 heavy (non-hydrogen) atoms. The molecule has 1 N–H and O–H groups in total. The Balaban J connectivity index is 3.03. The second-order valence-corrected chi connectivity index (χ2v) is 3.21. The first-order valence-corrected chi connectivity index (χ1v) is 4.43. The molecule has 1 rings (SSSR count). The molecule has 0 saturated carbocycles. The van der Waals surface area contributed by atoms with Crippen LogP contribution in [0.25, 0.3) is 0 Å². The number of hydrogen-bond acceptors (Lipinski definition) is 1. The Bertz CT molecular complexity index is 326. The molecule has 0 aliphatic rings. The van der Waals surface area contributed by atoms with Crippen LogP contribution in [-0.2, 0) is 17.8 Å². The van der Waals surface area contributed by atoms with Crippen LogP contribution in [0.1, 0.15) is 23.9 Å². The number of rotatable bonds is 3. The minimum Gasteiger partial charge on any atom is -0.481 e. The zero-order chi connectivity index (χ0) is 10.0. The van der Waals surface area contributed by atoms with Crippen molar-refractivity contribution >= 4 is 5.97 Å². The van der Waals surface area contributed by atoms with Crippen LogP contribution in [0.2, 0.25) is 0 Å². The normalized spacial score (nSPS) is 10.4. The molecule has 0 aliphatic carbocycles. The van der Waals surface area contributed by atoms with Gasteiger partial charge in [0.15, 0.2) is 0 Å². The fourth-order valence-electron chi connectivity index (χ4n) is 1.70. The maximum atomic E-state index is 10.5. The Kier molecular flexibility index (Phi) is 2.76. The lowest BCUT2D eigenvalue weighted by Gasteiger charge is -2.04. The van der Waals surface area contributed by atoms with E-state index < -0.39 is 5.97 Å². The number of carboxylic acids is 1. The van der Waals surface area contributed by atoms with E-state index in [-0.39, 0.29) is 6.42 Å². The Morgan fingerprint density at radius 1 is 1.54 bits per heavy atom. The molecule has 0 saturated heterocycles. The van der Waals surface area contributed by atoms with Crippen molar-refractivity contribution in [2.24, 2.45) is 0 Å². The Labute approximate surface area is 78.0 Å². The lowest BCUT2D eigenvalue weighted by molar-refractivity contribution is -0.136. The fraction of sp³-hybridized carbons (Fsp3) is 0.500. The van der Waals surface area contributed by atoms with Crippen molar-refractivity contribution in [3.63, 3.8) is 0 Å². The van der Waals surface area contributed by atoms with Gasteiger partial charge in [-0.05, 0) is 32.4 Å². The molecule has 0 bridgehead atoms. The van der Waals surface area contributed by atoms with E-state index in [2.05, 4.69) is 11.5 Å². The summed E-state index contributed by atoms with van der Waals surface area (Å²) >= 11 is 0. The van der Waals surface area contributed by atoms with Gasteiger partial charge in [-0.25, -0.2) is 0 Å². The second kappa shape index (κ2) is 3.64. The van der Waals surface area contributed by atoms with Crippen LogP contribution in [0.15, 0.2) is 6.07 Å². The molecule has 0 aromatic carbocycles. The topological polar surface area (TPSA) is 42.2 Å². The number of aryl methyl sites for hydroxylation is 1. The summed E-state index contributed by atoms with van der Waals surface area (Å²) in [5.74, 6) is -0.767. The molecule has 3 nitrogen and oxygen atoms in total. The van der Waals surface area contributed by atoms with E-state index >= 15 is 0 Å². The second-order valence-electron chi connectivity index (χ2n) is 3.21. The number of aromatic nitrogens is 1. The van der Waals surface area contributed by atoms with Crippen LogP contribution >= 0.6 is 0 Å². The monoisotopic (exact) mass is 181 g/mol. The van der Waals surface area contributed by atoms with Crippen molar-refractivity contribution in [2.75, 3.05) is 0 Å². The molecule has 72 valence electrons. The van der Waals surface area contributed by atoms with Gasteiger partial charge in [0.2, 0.25) is 0 Å². The Hall–Kier alpha value is -1.25. The molecule has 0 unspecified atom stereocenters. The molecule has 1 heterocycles. The van der Waals surface area contributed by atoms with E-state index in [1.807, 2.05) is 19.9 Å². The van der Waals surface area contributed by atoms with Gasteiger partial charge >= 0.3 is 5.97 Å². The standard InChI is InChI=1S/C10H15NO2/c1-4-11-7(2)5-9(8(11)3)6-10(12)13/h5H,4,6H2,1-3H3,(H,12,13). The van der Waals surface area contributed by atoms with Gasteiger partial charge in [-0.2, -0.15) is 0 Å². The van der Waals surface area contributed by atoms with E-state index in [1.54, 1.807) is 0 Å². The maximum Gasteiger partial charge on any atom is 0.307 e. The van der Waals surface area contributed by atoms with Crippen LogP contribution in [0, 0.1) is 13.8 Å². The Morgan fingerprint density at radius 3 is 2.54 bits per heavy atom. The van der Waals surface area contributed by atoms with Crippen molar-refractivity contribution in [3.05, 3.63) is 23.0 Å². The van der Waals surface area contributed by atoms with Gasteiger partial charge in [0, 0.05) is 17.9 Å². The summed E-state index contributed by atoms with van der Waals surface area (Å²) < 4.78 is 2.12. The quantitative estimate of drug-likeness (QED) is 0.772. The van der Waals surface area contributed by atoms with Gasteiger partial charge in [0.25, 0.3) is 0 Å². The molecule has 3 heteroatoms. The predicted octanol–water partition coefficient (Wildman–Crippen LogP) is 1.75. The minimum atomic E-state index is -0.767. The van der Waals surface area contributed by atoms with Crippen LogP contribution < -0.4 is 0 Å². The summed E-state index contributed by atoms with van der Waals surface area (Å²) in [6.45, 7) is 6.93. The number of carboxylic acid groups (broad SMARTS) is 1. The van der Waals surface area contributed by atoms with Gasteiger partial charge in [-0.3, -0.25) is 4.79 Å². The van der Waals surface area contributed by atoms with Crippen molar-refractivity contribution in [2.45, 2.75) is 33.7 Å². The molecule has 0 spiro atoms. The molecule has 0 amide bonds. The highest BCUT2D eigenvalue weighted by molar-refractivity contribution is 5.70. The number of nitrogens with zero attached hydrogens (tertiary/aromatic N) is 1. The zero-order valence-electron chi connectivity index (χ0n) is 8.29. The minimum absolute atomic E-state index is 0.125. The molecular weight excluding hydrogens is 166 g/mol. The summed E-state index contributed by atoms with van der Waals surface area (Å²) in [6, 6.07) is 1.95. The highest BCUT2D eigenvalue weighted by atomic mass is 16.4. The lowest BCUT2D eigenvalue weighted by atomic mass is 10.2. The number of carbonyl (C=O) groups is 1.